The maximum atomic E-state index is 10.9. The fraction of sp³-hybridized carbons (Fsp3) is 0.471. The summed E-state index contributed by atoms with van der Waals surface area (Å²) in [5.74, 6) is -1.20. The number of fused-ring (bicyclic) bond motifs is 1. The average molecular weight is 257 g/mol. The van der Waals surface area contributed by atoms with Gasteiger partial charge in [0.15, 0.2) is 0 Å². The summed E-state index contributed by atoms with van der Waals surface area (Å²) in [6.45, 7) is 12.5. The highest BCUT2D eigenvalue weighted by molar-refractivity contribution is 6.13. The Morgan fingerprint density at radius 2 is 1.63 bits per heavy atom. The van der Waals surface area contributed by atoms with Crippen LogP contribution in [-0.2, 0) is 15.6 Å². The lowest BCUT2D eigenvalue weighted by molar-refractivity contribution is -0.295. The first kappa shape index (κ1) is 13.9. The van der Waals surface area contributed by atoms with E-state index in [0.717, 1.165) is 12.8 Å². The maximum Gasteiger partial charge on any atom is 0.0715 e. The van der Waals surface area contributed by atoms with Crippen molar-refractivity contribution in [2.45, 2.75) is 51.4 Å². The van der Waals surface area contributed by atoms with Gasteiger partial charge in [-0.2, -0.15) is 0 Å². The van der Waals surface area contributed by atoms with Crippen LogP contribution in [0.15, 0.2) is 24.8 Å². The predicted octanol–water partition coefficient (Wildman–Crippen LogP) is 2.80. The van der Waals surface area contributed by atoms with Crippen LogP contribution in [0.2, 0.25) is 0 Å². The molecule has 0 N–H and O–H groups in total. The molecule has 2 rings (SSSR count). The Morgan fingerprint density at radius 3 is 2.16 bits per heavy atom. The lowest BCUT2D eigenvalue weighted by Gasteiger charge is -2.42. The molecule has 0 fully saturated rings. The number of carbonyl (C=O) groups is 1. The third-order valence-corrected chi connectivity index (χ3v) is 4.45. The standard InChI is InChI=1S/C17H22O2/c1-11(15(18)19)12-6-7-13-14(10-12)17(4,5)9-8-16(13,2)3/h6-7,10H,1,8-9H2,2-5H3,(H,18,19)/p-1. The van der Waals surface area contributed by atoms with E-state index in [0.29, 0.717) is 5.56 Å². The van der Waals surface area contributed by atoms with Gasteiger partial charge in [-0.1, -0.05) is 52.5 Å². The molecule has 0 spiro atoms. The minimum Gasteiger partial charge on any atom is -0.545 e. The van der Waals surface area contributed by atoms with Gasteiger partial charge in [0.1, 0.15) is 0 Å². The van der Waals surface area contributed by atoms with E-state index < -0.39 is 5.97 Å². The van der Waals surface area contributed by atoms with Crippen molar-refractivity contribution in [2.75, 3.05) is 0 Å². The van der Waals surface area contributed by atoms with Crippen molar-refractivity contribution >= 4 is 11.5 Å². The summed E-state index contributed by atoms with van der Waals surface area (Å²) in [6.07, 6.45) is 2.25. The molecule has 0 saturated heterocycles. The molecule has 102 valence electrons. The van der Waals surface area contributed by atoms with Gasteiger partial charge in [-0.3, -0.25) is 0 Å². The Kier molecular flexibility index (Phi) is 3.08. The summed E-state index contributed by atoms with van der Waals surface area (Å²) < 4.78 is 0. The van der Waals surface area contributed by atoms with Crippen LogP contribution in [0.1, 0.15) is 57.2 Å². The first-order valence-corrected chi connectivity index (χ1v) is 6.71. The fourth-order valence-corrected chi connectivity index (χ4v) is 2.89. The van der Waals surface area contributed by atoms with E-state index in [-0.39, 0.29) is 16.4 Å². The van der Waals surface area contributed by atoms with E-state index in [1.54, 1.807) is 0 Å². The van der Waals surface area contributed by atoms with Crippen LogP contribution in [0.5, 0.6) is 0 Å². The lowest BCUT2D eigenvalue weighted by atomic mass is 9.63. The van der Waals surface area contributed by atoms with Gasteiger partial charge in [0.25, 0.3) is 0 Å². The van der Waals surface area contributed by atoms with Gasteiger partial charge in [0.05, 0.1) is 5.97 Å². The molecule has 0 saturated carbocycles. The number of hydrogen-bond acceptors (Lipinski definition) is 2. The second-order valence-electron chi connectivity index (χ2n) is 6.79. The summed E-state index contributed by atoms with van der Waals surface area (Å²) in [6, 6.07) is 5.88. The quantitative estimate of drug-likeness (QED) is 0.764. The molecule has 0 radical (unpaired) electrons. The van der Waals surface area contributed by atoms with Crippen molar-refractivity contribution < 1.29 is 9.90 Å². The van der Waals surface area contributed by atoms with Crippen LogP contribution < -0.4 is 5.11 Å². The highest BCUT2D eigenvalue weighted by Crippen LogP contribution is 2.46. The molecule has 0 aromatic heterocycles. The number of benzene rings is 1. The maximum absolute atomic E-state index is 10.9. The van der Waals surface area contributed by atoms with Gasteiger partial charge in [-0.15, -0.1) is 0 Å². The number of aliphatic carboxylic acids is 1. The van der Waals surface area contributed by atoms with Gasteiger partial charge < -0.3 is 9.90 Å². The van der Waals surface area contributed by atoms with Gasteiger partial charge in [-0.25, -0.2) is 0 Å². The molecule has 2 nitrogen and oxygen atoms in total. The normalized spacial score (nSPS) is 19.6. The summed E-state index contributed by atoms with van der Waals surface area (Å²) in [5, 5.41) is 10.9. The van der Waals surface area contributed by atoms with Gasteiger partial charge in [0, 0.05) is 0 Å². The smallest absolute Gasteiger partial charge is 0.0715 e. The molecule has 0 bridgehead atoms. The van der Waals surface area contributed by atoms with E-state index in [1.165, 1.54) is 11.1 Å². The van der Waals surface area contributed by atoms with Crippen molar-refractivity contribution in [1.29, 1.82) is 0 Å². The Bertz CT molecular complexity index is 550. The van der Waals surface area contributed by atoms with Crippen molar-refractivity contribution in [1.82, 2.24) is 0 Å². The topological polar surface area (TPSA) is 40.1 Å². The largest absolute Gasteiger partial charge is 0.545 e. The van der Waals surface area contributed by atoms with Crippen LogP contribution in [0.4, 0.5) is 0 Å². The monoisotopic (exact) mass is 257 g/mol. The number of hydrogen-bond donors (Lipinski definition) is 0. The summed E-state index contributed by atoms with van der Waals surface area (Å²) in [4.78, 5) is 10.9. The molecule has 0 unspecified atom stereocenters. The SMILES string of the molecule is C=C(C(=O)[O-])c1ccc2c(c1)C(C)(C)CCC2(C)C. The molecule has 1 aromatic carbocycles. The molecule has 1 aliphatic rings. The minimum atomic E-state index is -1.20. The van der Waals surface area contributed by atoms with Crippen molar-refractivity contribution in [3.63, 3.8) is 0 Å². The summed E-state index contributed by atoms with van der Waals surface area (Å²) in [5.41, 5.74) is 3.49. The van der Waals surface area contributed by atoms with Gasteiger partial charge >= 0.3 is 0 Å². The molecule has 0 heterocycles. The Hall–Kier alpha value is -1.57. The predicted molar refractivity (Wildman–Crippen MR) is 75.8 cm³/mol. The number of carboxylic acid groups (broad SMARTS) is 1. The fourth-order valence-electron chi connectivity index (χ4n) is 2.89. The molecule has 1 aliphatic carbocycles. The van der Waals surface area contributed by atoms with Crippen LogP contribution in [0.25, 0.3) is 5.57 Å². The number of rotatable bonds is 2. The van der Waals surface area contributed by atoms with E-state index in [4.69, 9.17) is 0 Å². The Labute approximate surface area is 115 Å². The van der Waals surface area contributed by atoms with Crippen LogP contribution in [0.3, 0.4) is 0 Å². The van der Waals surface area contributed by atoms with E-state index in [2.05, 4.69) is 40.3 Å². The molecular formula is C17H21O2-. The number of carboxylic acids is 1. The third-order valence-electron chi connectivity index (χ3n) is 4.45. The Balaban J connectivity index is 2.60. The van der Waals surface area contributed by atoms with E-state index in [9.17, 15) is 9.90 Å². The van der Waals surface area contributed by atoms with Crippen LogP contribution in [0, 0.1) is 0 Å². The second-order valence-corrected chi connectivity index (χ2v) is 6.79. The molecule has 2 heteroatoms. The lowest BCUT2D eigenvalue weighted by Crippen LogP contribution is -2.34. The van der Waals surface area contributed by atoms with Gasteiger partial charge in [0.2, 0.25) is 0 Å². The van der Waals surface area contributed by atoms with Crippen LogP contribution >= 0.6 is 0 Å². The molecular weight excluding hydrogens is 236 g/mol. The minimum absolute atomic E-state index is 0.0574. The van der Waals surface area contributed by atoms with Crippen molar-refractivity contribution in [3.05, 3.63) is 41.5 Å². The van der Waals surface area contributed by atoms with Crippen LogP contribution in [-0.4, -0.2) is 5.97 Å². The highest BCUT2D eigenvalue weighted by atomic mass is 16.4. The molecule has 0 amide bonds. The highest BCUT2D eigenvalue weighted by Gasteiger charge is 2.36. The third kappa shape index (κ3) is 2.32. The number of carbonyl (C=O) groups excluding carboxylic acids is 1. The van der Waals surface area contributed by atoms with E-state index >= 15 is 0 Å². The molecule has 1 aromatic rings. The average Bonchev–Trinajstić information content (AvgIpc) is 2.33. The second kappa shape index (κ2) is 4.22. The first-order chi connectivity index (χ1) is 8.65. The van der Waals surface area contributed by atoms with E-state index in [1.807, 2.05) is 12.1 Å². The molecule has 0 atom stereocenters. The molecule has 19 heavy (non-hydrogen) atoms. The summed E-state index contributed by atoms with van der Waals surface area (Å²) >= 11 is 0. The zero-order valence-corrected chi connectivity index (χ0v) is 12.2. The summed E-state index contributed by atoms with van der Waals surface area (Å²) in [7, 11) is 0. The first-order valence-electron chi connectivity index (χ1n) is 6.71. The van der Waals surface area contributed by atoms with Crippen molar-refractivity contribution in [3.8, 4) is 0 Å². The zero-order chi connectivity index (χ0) is 14.4. The molecule has 0 aliphatic heterocycles. The van der Waals surface area contributed by atoms with Crippen molar-refractivity contribution in [2.24, 2.45) is 0 Å². The Morgan fingerprint density at radius 1 is 1.11 bits per heavy atom. The van der Waals surface area contributed by atoms with Gasteiger partial charge in [-0.05, 0) is 45.9 Å². The zero-order valence-electron chi connectivity index (χ0n) is 12.2.